The standard InChI is InChI=1S/C16H16N4O/c1-2-6-12-11(5-1)8-9-13(18-12)15-19-16(21-20-15)14-7-3-4-10-17-14/h1-2,5-6,8-9,14,17H,3-4,7,10H2/t14-/m1/s1. The molecule has 1 saturated heterocycles. The van der Waals surface area contributed by atoms with Crippen molar-refractivity contribution in [3.63, 3.8) is 0 Å². The van der Waals surface area contributed by atoms with Crippen LogP contribution in [0.5, 0.6) is 0 Å². The van der Waals surface area contributed by atoms with E-state index in [0.29, 0.717) is 11.7 Å². The molecule has 3 aromatic rings. The van der Waals surface area contributed by atoms with Crippen LogP contribution < -0.4 is 5.32 Å². The number of hydrogen-bond acceptors (Lipinski definition) is 5. The molecule has 1 N–H and O–H groups in total. The summed E-state index contributed by atoms with van der Waals surface area (Å²) in [4.78, 5) is 9.11. The van der Waals surface area contributed by atoms with Crippen LogP contribution in [0.4, 0.5) is 0 Å². The number of pyridine rings is 1. The van der Waals surface area contributed by atoms with Gasteiger partial charge in [-0.2, -0.15) is 4.98 Å². The molecule has 1 aliphatic rings. The lowest BCUT2D eigenvalue weighted by molar-refractivity contribution is 0.297. The number of rotatable bonds is 2. The molecule has 0 saturated carbocycles. The lowest BCUT2D eigenvalue weighted by Crippen LogP contribution is -2.26. The van der Waals surface area contributed by atoms with Crippen LogP contribution in [-0.2, 0) is 0 Å². The van der Waals surface area contributed by atoms with Crippen molar-refractivity contribution < 1.29 is 4.52 Å². The van der Waals surface area contributed by atoms with Gasteiger partial charge in [0, 0.05) is 5.39 Å². The molecule has 5 heteroatoms. The van der Waals surface area contributed by atoms with E-state index in [1.807, 2.05) is 36.4 Å². The van der Waals surface area contributed by atoms with Crippen molar-refractivity contribution >= 4 is 10.9 Å². The van der Waals surface area contributed by atoms with Crippen molar-refractivity contribution in [3.05, 3.63) is 42.3 Å². The summed E-state index contributed by atoms with van der Waals surface area (Å²) in [7, 11) is 0. The zero-order valence-electron chi connectivity index (χ0n) is 11.6. The Bertz CT molecular complexity index is 762. The van der Waals surface area contributed by atoms with Gasteiger partial charge in [-0.15, -0.1) is 0 Å². The van der Waals surface area contributed by atoms with Crippen LogP contribution in [0, 0.1) is 0 Å². The number of nitrogens with one attached hydrogen (secondary N) is 1. The predicted octanol–water partition coefficient (Wildman–Crippen LogP) is 3.10. The molecule has 21 heavy (non-hydrogen) atoms. The molecule has 1 fully saturated rings. The normalized spacial score (nSPS) is 19.0. The maximum absolute atomic E-state index is 5.41. The zero-order chi connectivity index (χ0) is 14.1. The topological polar surface area (TPSA) is 63.8 Å². The average Bonchev–Trinajstić information content (AvgIpc) is 3.05. The van der Waals surface area contributed by atoms with E-state index in [1.165, 1.54) is 12.8 Å². The van der Waals surface area contributed by atoms with Crippen LogP contribution in [0.1, 0.15) is 31.2 Å². The van der Waals surface area contributed by atoms with E-state index < -0.39 is 0 Å². The van der Waals surface area contributed by atoms with Crippen molar-refractivity contribution in [2.45, 2.75) is 25.3 Å². The monoisotopic (exact) mass is 280 g/mol. The van der Waals surface area contributed by atoms with Crippen molar-refractivity contribution in [1.29, 1.82) is 0 Å². The lowest BCUT2D eigenvalue weighted by Gasteiger charge is -2.19. The molecule has 5 nitrogen and oxygen atoms in total. The maximum atomic E-state index is 5.41. The molecule has 4 rings (SSSR count). The minimum absolute atomic E-state index is 0.181. The first-order valence-corrected chi connectivity index (χ1v) is 7.33. The third-order valence-corrected chi connectivity index (χ3v) is 3.88. The number of nitrogens with zero attached hydrogens (tertiary/aromatic N) is 3. The number of piperidine rings is 1. The van der Waals surface area contributed by atoms with Gasteiger partial charge in [0.25, 0.3) is 0 Å². The summed E-state index contributed by atoms with van der Waals surface area (Å²) < 4.78 is 5.41. The van der Waals surface area contributed by atoms with Crippen molar-refractivity contribution in [2.75, 3.05) is 6.54 Å². The Hall–Kier alpha value is -2.27. The number of para-hydroxylation sites is 1. The van der Waals surface area contributed by atoms with Gasteiger partial charge in [0.05, 0.1) is 11.6 Å². The van der Waals surface area contributed by atoms with Crippen LogP contribution >= 0.6 is 0 Å². The van der Waals surface area contributed by atoms with Gasteiger partial charge in [-0.3, -0.25) is 0 Å². The molecule has 0 unspecified atom stereocenters. The Balaban J connectivity index is 1.67. The number of aromatic nitrogens is 3. The third-order valence-electron chi connectivity index (χ3n) is 3.88. The van der Waals surface area contributed by atoms with Gasteiger partial charge in [0.1, 0.15) is 5.69 Å². The van der Waals surface area contributed by atoms with Gasteiger partial charge in [0.2, 0.25) is 11.7 Å². The van der Waals surface area contributed by atoms with Crippen LogP contribution in [0.2, 0.25) is 0 Å². The second-order valence-corrected chi connectivity index (χ2v) is 5.35. The summed E-state index contributed by atoms with van der Waals surface area (Å²) in [6, 6.07) is 12.2. The van der Waals surface area contributed by atoms with Crippen molar-refractivity contribution in [2.24, 2.45) is 0 Å². The summed E-state index contributed by atoms with van der Waals surface area (Å²) in [5.74, 6) is 1.22. The number of fused-ring (bicyclic) bond motifs is 1. The number of benzene rings is 1. The highest BCUT2D eigenvalue weighted by molar-refractivity contribution is 5.80. The van der Waals surface area contributed by atoms with E-state index in [0.717, 1.165) is 29.6 Å². The molecule has 2 aromatic heterocycles. The Kier molecular flexibility index (Phi) is 3.12. The van der Waals surface area contributed by atoms with Crippen molar-refractivity contribution in [1.82, 2.24) is 20.4 Å². The molecule has 1 atom stereocenters. The lowest BCUT2D eigenvalue weighted by atomic mass is 10.1. The molecule has 1 aliphatic heterocycles. The van der Waals surface area contributed by atoms with E-state index in [-0.39, 0.29) is 6.04 Å². The van der Waals surface area contributed by atoms with Gasteiger partial charge >= 0.3 is 0 Å². The Morgan fingerprint density at radius 2 is 2.00 bits per heavy atom. The van der Waals surface area contributed by atoms with Gasteiger partial charge in [-0.25, -0.2) is 4.98 Å². The molecule has 0 aliphatic carbocycles. The zero-order valence-corrected chi connectivity index (χ0v) is 11.6. The Morgan fingerprint density at radius 3 is 2.90 bits per heavy atom. The van der Waals surface area contributed by atoms with E-state index in [9.17, 15) is 0 Å². The fourth-order valence-electron chi connectivity index (χ4n) is 2.73. The van der Waals surface area contributed by atoms with Gasteiger partial charge in [0.15, 0.2) is 0 Å². The second-order valence-electron chi connectivity index (χ2n) is 5.35. The summed E-state index contributed by atoms with van der Waals surface area (Å²) in [5.41, 5.74) is 1.69. The Morgan fingerprint density at radius 1 is 1.05 bits per heavy atom. The predicted molar refractivity (Wildman–Crippen MR) is 79.6 cm³/mol. The summed E-state index contributed by atoms with van der Waals surface area (Å²) in [6.45, 7) is 1.01. The van der Waals surface area contributed by atoms with Gasteiger partial charge in [-0.1, -0.05) is 35.8 Å². The fourth-order valence-corrected chi connectivity index (χ4v) is 2.73. The van der Waals surface area contributed by atoms with Crippen LogP contribution in [0.15, 0.2) is 40.9 Å². The van der Waals surface area contributed by atoms with Crippen LogP contribution in [-0.4, -0.2) is 21.7 Å². The van der Waals surface area contributed by atoms with Gasteiger partial charge in [-0.05, 0) is 31.5 Å². The van der Waals surface area contributed by atoms with Crippen LogP contribution in [0.25, 0.3) is 22.4 Å². The molecular weight excluding hydrogens is 264 g/mol. The molecule has 0 bridgehead atoms. The summed E-state index contributed by atoms with van der Waals surface area (Å²) >= 11 is 0. The molecular formula is C16H16N4O. The minimum atomic E-state index is 0.181. The molecule has 0 radical (unpaired) electrons. The van der Waals surface area contributed by atoms with E-state index in [2.05, 4.69) is 20.4 Å². The largest absolute Gasteiger partial charge is 0.337 e. The summed E-state index contributed by atoms with van der Waals surface area (Å²) in [6.07, 6.45) is 3.46. The molecule has 0 spiro atoms. The molecule has 106 valence electrons. The third kappa shape index (κ3) is 2.40. The second kappa shape index (κ2) is 5.26. The molecule has 1 aromatic carbocycles. The molecule has 0 amide bonds. The summed E-state index contributed by atoms with van der Waals surface area (Å²) in [5, 5.41) is 8.60. The van der Waals surface area contributed by atoms with Crippen molar-refractivity contribution in [3.8, 4) is 11.5 Å². The first kappa shape index (κ1) is 12.5. The van der Waals surface area contributed by atoms with E-state index >= 15 is 0 Å². The number of hydrogen-bond donors (Lipinski definition) is 1. The van der Waals surface area contributed by atoms with Crippen LogP contribution in [0.3, 0.4) is 0 Å². The Labute approximate surface area is 122 Å². The van der Waals surface area contributed by atoms with E-state index in [4.69, 9.17) is 4.52 Å². The minimum Gasteiger partial charge on any atom is -0.337 e. The smallest absolute Gasteiger partial charge is 0.244 e. The average molecular weight is 280 g/mol. The fraction of sp³-hybridized carbons (Fsp3) is 0.312. The highest BCUT2D eigenvalue weighted by atomic mass is 16.5. The van der Waals surface area contributed by atoms with E-state index in [1.54, 1.807) is 0 Å². The SMILES string of the molecule is c1ccc2nc(-c3noc([C@H]4CCCCN4)n3)ccc2c1. The first-order valence-electron chi connectivity index (χ1n) is 7.33. The van der Waals surface area contributed by atoms with Gasteiger partial charge < -0.3 is 9.84 Å². The maximum Gasteiger partial charge on any atom is 0.244 e. The highest BCUT2D eigenvalue weighted by Crippen LogP contribution is 2.24. The molecule has 3 heterocycles. The first-order chi connectivity index (χ1) is 10.4. The quantitative estimate of drug-likeness (QED) is 0.781. The highest BCUT2D eigenvalue weighted by Gasteiger charge is 2.21.